The fraction of sp³-hybridized carbons (Fsp3) is 0.364. The summed E-state index contributed by atoms with van der Waals surface area (Å²) in [4.78, 5) is 4.32. The second kappa shape index (κ2) is 11.4. The second-order valence-electron chi connectivity index (χ2n) is 6.82. The number of nitrogens with zero attached hydrogens (tertiary/aromatic N) is 3. The number of hydrogen-bond acceptors (Lipinski definition) is 3. The fourth-order valence-electron chi connectivity index (χ4n) is 3.31. The number of aromatic nitrogens is 2. The van der Waals surface area contributed by atoms with Crippen LogP contribution in [-0.2, 0) is 19.3 Å². The van der Waals surface area contributed by atoms with E-state index < -0.39 is 0 Å². The second-order valence-corrected chi connectivity index (χ2v) is 7.92. The molecule has 2 aromatic carbocycles. The molecule has 0 amide bonds. The number of rotatable bonds is 7. The molecule has 0 aliphatic carbocycles. The van der Waals surface area contributed by atoms with Crippen LogP contribution >= 0.6 is 35.7 Å². The van der Waals surface area contributed by atoms with E-state index in [1.54, 1.807) is 0 Å². The molecule has 7 heteroatoms. The quantitative estimate of drug-likeness (QED) is 0.209. The van der Waals surface area contributed by atoms with Gasteiger partial charge in [0.15, 0.2) is 5.96 Å². The maximum absolute atomic E-state index is 4.46. The number of hydrogen-bond donors (Lipinski definition) is 2. The van der Waals surface area contributed by atoms with Crippen LogP contribution in [0, 0.1) is 13.8 Å². The highest BCUT2D eigenvalue weighted by molar-refractivity contribution is 14.0. The number of aryl methyl sites for hydroxylation is 2. The summed E-state index contributed by atoms with van der Waals surface area (Å²) < 4.78 is 1.92. The molecule has 2 N–H and O–H groups in total. The average Bonchev–Trinajstić information content (AvgIpc) is 2.95. The number of guanidine groups is 1. The average molecular weight is 523 g/mol. The Bertz CT molecular complexity index is 962. The van der Waals surface area contributed by atoms with Gasteiger partial charge in [0.05, 0.1) is 5.69 Å². The molecule has 0 saturated carbocycles. The van der Waals surface area contributed by atoms with Crippen LogP contribution in [0.3, 0.4) is 0 Å². The summed E-state index contributed by atoms with van der Waals surface area (Å²) in [7, 11) is 3.79. The molecule has 0 bridgehead atoms. The first-order chi connectivity index (χ1) is 13.6. The lowest BCUT2D eigenvalue weighted by molar-refractivity contribution is 0.729. The normalized spacial score (nSPS) is 11.4. The molecule has 0 radical (unpaired) electrons. The zero-order valence-electron chi connectivity index (χ0n) is 17.5. The van der Waals surface area contributed by atoms with Crippen LogP contribution in [0.15, 0.2) is 47.5 Å². The van der Waals surface area contributed by atoms with Crippen molar-refractivity contribution in [3.05, 3.63) is 65.0 Å². The lowest BCUT2D eigenvalue weighted by atomic mass is 10.1. The smallest absolute Gasteiger partial charge is 0.191 e. The molecule has 0 saturated heterocycles. The molecule has 3 rings (SSSR count). The zero-order chi connectivity index (χ0) is 19.9. The lowest BCUT2D eigenvalue weighted by Crippen LogP contribution is -2.38. The summed E-state index contributed by atoms with van der Waals surface area (Å²) in [5, 5.41) is 13.9. The van der Waals surface area contributed by atoms with Gasteiger partial charge in [-0.1, -0.05) is 42.5 Å². The molecule has 0 aliphatic rings. The van der Waals surface area contributed by atoms with Crippen molar-refractivity contribution in [3.8, 4) is 0 Å². The summed E-state index contributed by atoms with van der Waals surface area (Å²) in [5.74, 6) is 2.87. The third kappa shape index (κ3) is 6.12. The van der Waals surface area contributed by atoms with Crippen molar-refractivity contribution >= 4 is 52.5 Å². The largest absolute Gasteiger partial charge is 0.356 e. The Morgan fingerprint density at radius 2 is 1.86 bits per heavy atom. The van der Waals surface area contributed by atoms with Gasteiger partial charge in [-0.15, -0.1) is 24.0 Å². The Morgan fingerprint density at radius 3 is 2.59 bits per heavy atom. The van der Waals surface area contributed by atoms with E-state index in [2.05, 4.69) is 70.1 Å². The molecule has 0 aliphatic heterocycles. The Hall–Kier alpha value is -1.74. The molecule has 0 fully saturated rings. The van der Waals surface area contributed by atoms with Crippen molar-refractivity contribution in [3.63, 3.8) is 0 Å². The van der Waals surface area contributed by atoms with Gasteiger partial charge in [0.2, 0.25) is 0 Å². The van der Waals surface area contributed by atoms with E-state index in [-0.39, 0.29) is 24.0 Å². The van der Waals surface area contributed by atoms with Crippen LogP contribution in [0.1, 0.15) is 22.5 Å². The van der Waals surface area contributed by atoms with Gasteiger partial charge in [-0.05, 0) is 30.2 Å². The molecule has 1 aromatic heterocycles. The highest BCUT2D eigenvalue weighted by Gasteiger charge is 2.09. The van der Waals surface area contributed by atoms with Crippen molar-refractivity contribution in [2.45, 2.75) is 26.1 Å². The molecule has 29 heavy (non-hydrogen) atoms. The van der Waals surface area contributed by atoms with Crippen molar-refractivity contribution in [2.24, 2.45) is 12.0 Å². The minimum absolute atomic E-state index is 0. The SMILES string of the molecule is CN=C(NCCSCc1cccc2ccccc12)NCc1c(C)nn(C)c1C.I. The molecule has 156 valence electrons. The minimum Gasteiger partial charge on any atom is -0.356 e. The topological polar surface area (TPSA) is 54.2 Å². The summed E-state index contributed by atoms with van der Waals surface area (Å²) in [5.41, 5.74) is 4.88. The molecule has 0 unspecified atom stereocenters. The number of fused-ring (bicyclic) bond motifs is 1. The van der Waals surface area contributed by atoms with Gasteiger partial charge in [0.25, 0.3) is 0 Å². The van der Waals surface area contributed by atoms with Crippen LogP contribution in [0.2, 0.25) is 0 Å². The van der Waals surface area contributed by atoms with Crippen LogP contribution in [0.5, 0.6) is 0 Å². The van der Waals surface area contributed by atoms with Gasteiger partial charge in [-0.25, -0.2) is 0 Å². The maximum Gasteiger partial charge on any atom is 0.191 e. The number of benzene rings is 2. The van der Waals surface area contributed by atoms with E-state index in [1.807, 2.05) is 37.5 Å². The van der Waals surface area contributed by atoms with Crippen molar-refractivity contribution in [1.82, 2.24) is 20.4 Å². The Morgan fingerprint density at radius 1 is 1.10 bits per heavy atom. The van der Waals surface area contributed by atoms with Gasteiger partial charge in [-0.2, -0.15) is 16.9 Å². The molecule has 0 spiro atoms. The molecular formula is C22H30IN5S. The first-order valence-electron chi connectivity index (χ1n) is 9.58. The Labute approximate surface area is 194 Å². The van der Waals surface area contributed by atoms with Crippen molar-refractivity contribution < 1.29 is 0 Å². The predicted molar refractivity (Wildman–Crippen MR) is 136 cm³/mol. The molecular weight excluding hydrogens is 493 g/mol. The maximum atomic E-state index is 4.46. The van der Waals surface area contributed by atoms with Crippen LogP contribution in [0.4, 0.5) is 0 Å². The Balaban J connectivity index is 0.00000300. The Kier molecular flexibility index (Phi) is 9.29. The summed E-state index contributed by atoms with van der Waals surface area (Å²) in [6.07, 6.45) is 0. The van der Waals surface area contributed by atoms with E-state index in [0.717, 1.165) is 36.2 Å². The van der Waals surface area contributed by atoms with E-state index in [9.17, 15) is 0 Å². The van der Waals surface area contributed by atoms with Gasteiger partial charge in [-0.3, -0.25) is 9.67 Å². The first-order valence-corrected chi connectivity index (χ1v) is 10.7. The van der Waals surface area contributed by atoms with Gasteiger partial charge >= 0.3 is 0 Å². The van der Waals surface area contributed by atoms with Gasteiger partial charge < -0.3 is 10.6 Å². The van der Waals surface area contributed by atoms with E-state index in [4.69, 9.17) is 0 Å². The van der Waals surface area contributed by atoms with E-state index in [1.165, 1.54) is 27.6 Å². The van der Waals surface area contributed by atoms with Crippen molar-refractivity contribution in [2.75, 3.05) is 19.3 Å². The third-order valence-electron chi connectivity index (χ3n) is 4.99. The minimum atomic E-state index is 0. The molecule has 0 atom stereocenters. The number of halogens is 1. The van der Waals surface area contributed by atoms with E-state index >= 15 is 0 Å². The van der Waals surface area contributed by atoms with Crippen LogP contribution in [-0.4, -0.2) is 35.1 Å². The highest BCUT2D eigenvalue weighted by Crippen LogP contribution is 2.22. The monoisotopic (exact) mass is 523 g/mol. The third-order valence-corrected chi connectivity index (χ3v) is 6.00. The number of aliphatic imine (C=N–C) groups is 1. The molecule has 1 heterocycles. The summed E-state index contributed by atoms with van der Waals surface area (Å²) >= 11 is 1.94. The van der Waals surface area contributed by atoms with Crippen molar-refractivity contribution in [1.29, 1.82) is 0 Å². The van der Waals surface area contributed by atoms with Crippen LogP contribution < -0.4 is 10.6 Å². The molecule has 5 nitrogen and oxygen atoms in total. The lowest BCUT2D eigenvalue weighted by Gasteiger charge is -2.12. The van der Waals surface area contributed by atoms with Gasteiger partial charge in [0, 0.05) is 49.9 Å². The summed E-state index contributed by atoms with van der Waals surface area (Å²) in [6, 6.07) is 15.1. The van der Waals surface area contributed by atoms with Crippen LogP contribution in [0.25, 0.3) is 10.8 Å². The van der Waals surface area contributed by atoms with E-state index in [0.29, 0.717) is 0 Å². The number of nitrogens with one attached hydrogen (secondary N) is 2. The summed E-state index contributed by atoms with van der Waals surface area (Å²) in [6.45, 7) is 5.75. The molecule has 3 aromatic rings. The fourth-order valence-corrected chi connectivity index (χ4v) is 4.17. The highest BCUT2D eigenvalue weighted by atomic mass is 127. The standard InChI is InChI=1S/C22H29N5S.HI/c1-16-21(17(2)27(4)26-16)14-25-22(23-3)24-12-13-28-15-19-10-7-9-18-8-5-6-11-20(18)19;/h5-11H,12-15H2,1-4H3,(H2,23,24,25);1H. The van der Waals surface area contributed by atoms with Gasteiger partial charge in [0.1, 0.15) is 0 Å². The number of thioether (sulfide) groups is 1. The zero-order valence-corrected chi connectivity index (χ0v) is 20.7. The first kappa shape index (κ1) is 23.5. The predicted octanol–water partition coefficient (Wildman–Crippen LogP) is 4.41.